The van der Waals surface area contributed by atoms with Crippen LogP contribution < -0.4 is 69.7 Å². The first-order valence-electron chi connectivity index (χ1n) is 22.6. The zero-order valence-electron chi connectivity index (χ0n) is 42.9. The Balaban J connectivity index is 0.000000507. The standard InChI is InChI=1S/2C24H27N3O6S4.2Na.H2O/c2*1-3-4-20-18(9-10-19(15(2)28)21(20)29)14-35-24-27-26-23(36-24)34-13-16-5-7-17(8-6-16)22(30)25-11-12-37(31,32)33;;;/h2*5-10,29H,3-4,11-14H2,1-2H3,(H,25,30)(H,31,32,33);;;1H2/q;;2*+1;/p-2. The molecule has 0 aliphatic heterocycles. The smallest absolute Gasteiger partial charge is 0.748 e. The number of Topliss-reactive ketones (excluding diaryl/α,β-unsaturated/α-hetero) is 2. The number of rotatable bonds is 26. The van der Waals surface area contributed by atoms with Gasteiger partial charge in [0.05, 0.1) is 42.9 Å². The summed E-state index contributed by atoms with van der Waals surface area (Å²) in [6.07, 6.45) is 3.07. The number of nitrogens with zero attached hydrogens (tertiary/aromatic N) is 4. The maximum atomic E-state index is 12.0. The fraction of sp³-hybridized carbons (Fsp3) is 0.333. The van der Waals surface area contributed by atoms with E-state index >= 15 is 0 Å². The Kier molecular flexibility index (Phi) is 31.3. The van der Waals surface area contributed by atoms with Gasteiger partial charge in [-0.3, -0.25) is 19.2 Å². The van der Waals surface area contributed by atoms with E-state index in [0.29, 0.717) is 58.1 Å². The van der Waals surface area contributed by atoms with Gasteiger partial charge in [-0.25, -0.2) is 16.8 Å². The number of thioether (sulfide) groups is 4. The van der Waals surface area contributed by atoms with Crippen LogP contribution in [0.3, 0.4) is 0 Å². The molecule has 0 fully saturated rings. The first-order chi connectivity index (χ1) is 35.1. The van der Waals surface area contributed by atoms with Gasteiger partial charge in [-0.05, 0) is 96.5 Å². The zero-order valence-corrected chi connectivity index (χ0v) is 53.5. The molecule has 0 aliphatic rings. The Hall–Kier alpha value is -2.94. The average molecular weight is 1230 g/mol. The van der Waals surface area contributed by atoms with Crippen LogP contribution in [-0.4, -0.2) is 110 Å². The van der Waals surface area contributed by atoms with Gasteiger partial charge in [0.2, 0.25) is 0 Å². The maximum absolute atomic E-state index is 12.0. The van der Waals surface area contributed by atoms with Crippen LogP contribution in [0.5, 0.6) is 11.5 Å². The average Bonchev–Trinajstić information content (AvgIpc) is 4.02. The molecule has 77 heavy (non-hydrogen) atoms. The van der Waals surface area contributed by atoms with Gasteiger partial charge in [0.25, 0.3) is 11.8 Å². The molecule has 0 aliphatic carbocycles. The number of nitrogens with one attached hydrogen (secondary N) is 2. The molecule has 4 aromatic carbocycles. The van der Waals surface area contributed by atoms with Crippen molar-refractivity contribution < 1.29 is 120 Å². The van der Waals surface area contributed by atoms with Gasteiger partial charge in [-0.1, -0.05) is 133 Å². The van der Waals surface area contributed by atoms with Crippen LogP contribution in [0.25, 0.3) is 0 Å². The van der Waals surface area contributed by atoms with Crippen molar-refractivity contribution in [2.45, 2.75) is 93.7 Å². The SMILES string of the molecule is CCCc1c(CSc2nnc(SCc3ccc(C(=O)NCCS(=O)(=O)[O-])cc3)s2)ccc(C(C)=O)c1O.CCCc1c(CSc2nnc(SCc3ccc(C(=O)NCCS(=O)(=O)[O-])cc3)s2)ccc(C(C)=O)c1O.O.[Na+].[Na+]. The van der Waals surface area contributed by atoms with Crippen molar-refractivity contribution in [2.75, 3.05) is 24.6 Å². The molecule has 404 valence electrons. The van der Waals surface area contributed by atoms with Crippen molar-refractivity contribution in [3.63, 3.8) is 0 Å². The van der Waals surface area contributed by atoms with Crippen molar-refractivity contribution in [2.24, 2.45) is 0 Å². The van der Waals surface area contributed by atoms with Gasteiger partial charge in [-0.2, -0.15) is 0 Å². The molecule has 6 aromatic rings. The molecule has 0 unspecified atom stereocenters. The number of aromatic hydroxyl groups is 2. The van der Waals surface area contributed by atoms with E-state index in [1.807, 2.05) is 26.0 Å². The van der Waals surface area contributed by atoms with Crippen LogP contribution in [0, 0.1) is 0 Å². The summed E-state index contributed by atoms with van der Waals surface area (Å²) in [7, 11) is -8.74. The number of hydrogen-bond acceptors (Lipinski definition) is 22. The second-order valence-electron chi connectivity index (χ2n) is 16.1. The molecule has 19 nitrogen and oxygen atoms in total. The summed E-state index contributed by atoms with van der Waals surface area (Å²) < 4.78 is 67.0. The minimum Gasteiger partial charge on any atom is -0.748 e. The van der Waals surface area contributed by atoms with Crippen molar-refractivity contribution >= 4 is 113 Å². The van der Waals surface area contributed by atoms with E-state index in [0.717, 1.165) is 63.6 Å². The summed E-state index contributed by atoms with van der Waals surface area (Å²) in [6.45, 7) is 6.48. The number of carbonyl (C=O) groups excluding carboxylic acids is 4. The molecule has 29 heteroatoms. The van der Waals surface area contributed by atoms with Crippen LogP contribution in [0.2, 0.25) is 0 Å². The van der Waals surface area contributed by atoms with Crippen molar-refractivity contribution in [1.82, 2.24) is 31.0 Å². The molecule has 6 N–H and O–H groups in total. The van der Waals surface area contributed by atoms with Crippen LogP contribution in [-0.2, 0) is 56.1 Å². The summed E-state index contributed by atoms with van der Waals surface area (Å²) >= 11 is 9.03. The molecule has 0 bridgehead atoms. The van der Waals surface area contributed by atoms with E-state index in [-0.39, 0.29) is 101 Å². The van der Waals surface area contributed by atoms with Gasteiger partial charge in [0.15, 0.2) is 28.9 Å². The molecule has 0 saturated heterocycles. The van der Waals surface area contributed by atoms with E-state index in [1.165, 1.54) is 83.6 Å². The molecular weight excluding hydrogens is 1170 g/mol. The first kappa shape index (κ1) is 70.2. The fourth-order valence-corrected chi connectivity index (χ4v) is 13.4. The van der Waals surface area contributed by atoms with Crippen molar-refractivity contribution in [3.8, 4) is 11.5 Å². The minimum absolute atomic E-state index is 0. The predicted molar refractivity (Wildman–Crippen MR) is 293 cm³/mol. The molecule has 0 radical (unpaired) electrons. The summed E-state index contributed by atoms with van der Waals surface area (Å²) in [5, 5.41) is 42.9. The van der Waals surface area contributed by atoms with E-state index in [4.69, 9.17) is 0 Å². The molecule has 2 amide bonds. The maximum Gasteiger partial charge on any atom is 1.00 e. The summed E-state index contributed by atoms with van der Waals surface area (Å²) in [5.74, 6) is 0.0775. The number of hydrogen-bond donors (Lipinski definition) is 4. The topological polar surface area (TPSA) is 330 Å². The second-order valence-corrected chi connectivity index (χ2v) is 26.0. The summed E-state index contributed by atoms with van der Waals surface area (Å²) in [5.41, 5.74) is 6.91. The molecule has 2 aromatic heterocycles. The molecule has 0 atom stereocenters. The quantitative estimate of drug-likeness (QED) is 0.0260. The van der Waals surface area contributed by atoms with E-state index in [1.54, 1.807) is 60.7 Å². The molecule has 6 rings (SSSR count). The Morgan fingerprint density at radius 2 is 0.844 bits per heavy atom. The zero-order chi connectivity index (χ0) is 54.0. The van der Waals surface area contributed by atoms with E-state index < -0.39 is 43.6 Å². The molecule has 2 heterocycles. The Labute approximate surface area is 517 Å². The molecular formula is C48H54N6Na2O13S8. The second kappa shape index (κ2) is 34.4. The summed E-state index contributed by atoms with van der Waals surface area (Å²) in [4.78, 5) is 47.6. The number of phenolic OH excluding ortho intramolecular Hbond substituents is 2. The molecule has 0 saturated carbocycles. The van der Waals surface area contributed by atoms with Crippen LogP contribution in [0.15, 0.2) is 90.2 Å². The fourth-order valence-electron chi connectivity index (χ4n) is 6.74. The van der Waals surface area contributed by atoms with Gasteiger partial charge in [-0.15, -0.1) is 20.4 Å². The van der Waals surface area contributed by atoms with Crippen LogP contribution >= 0.6 is 69.7 Å². The molecule has 0 spiro atoms. The Bertz CT molecular complexity index is 2940. The van der Waals surface area contributed by atoms with Gasteiger partial charge >= 0.3 is 59.1 Å². The monoisotopic (exact) mass is 1220 g/mol. The van der Waals surface area contributed by atoms with Gasteiger partial charge < -0.3 is 35.4 Å². The number of ketones is 2. The van der Waals surface area contributed by atoms with E-state index in [9.17, 15) is 55.3 Å². The third-order valence-electron chi connectivity index (χ3n) is 10.4. The number of aromatic nitrogens is 4. The largest absolute Gasteiger partial charge is 1.00 e. The normalized spacial score (nSPS) is 11.0. The Morgan fingerprint density at radius 1 is 0.532 bits per heavy atom. The summed E-state index contributed by atoms with van der Waals surface area (Å²) in [6, 6.07) is 20.9. The Morgan fingerprint density at radius 3 is 1.13 bits per heavy atom. The number of benzene rings is 4. The predicted octanol–water partition coefficient (Wildman–Crippen LogP) is 1.70. The third-order valence-corrected chi connectivity index (χ3v) is 18.5. The van der Waals surface area contributed by atoms with Gasteiger partial charge in [0.1, 0.15) is 11.5 Å². The van der Waals surface area contributed by atoms with Gasteiger partial charge in [0, 0.05) is 47.2 Å². The minimum atomic E-state index is -4.37. The van der Waals surface area contributed by atoms with Crippen LogP contribution in [0.4, 0.5) is 0 Å². The number of carbonyl (C=O) groups is 4. The number of phenols is 2. The third kappa shape index (κ3) is 23.6. The van der Waals surface area contributed by atoms with E-state index in [2.05, 4.69) is 31.0 Å². The number of amides is 2. The first-order valence-corrected chi connectivity index (χ1v) is 31.4. The van der Waals surface area contributed by atoms with Crippen LogP contribution in [0.1, 0.15) is 115 Å². The van der Waals surface area contributed by atoms with Crippen molar-refractivity contribution in [1.29, 1.82) is 0 Å². The van der Waals surface area contributed by atoms with Crippen molar-refractivity contribution in [3.05, 3.63) is 128 Å².